The summed E-state index contributed by atoms with van der Waals surface area (Å²) in [4.78, 5) is 41.2. The molecule has 0 saturated carbocycles. The number of alkyl carbamates (subject to hydrolysis) is 1. The molecule has 0 fully saturated rings. The molecule has 2 unspecified atom stereocenters. The maximum Gasteiger partial charge on any atom is 0.408 e. The molecule has 2 atom stereocenters. The van der Waals surface area contributed by atoms with Crippen LogP contribution < -0.4 is 10.6 Å². The van der Waals surface area contributed by atoms with Crippen molar-refractivity contribution in [2.45, 2.75) is 58.7 Å². The minimum atomic E-state index is -0.958. The van der Waals surface area contributed by atoms with Gasteiger partial charge in [-0.15, -0.1) is 6.58 Å². The van der Waals surface area contributed by atoms with Crippen molar-refractivity contribution >= 4 is 34.4 Å². The molecule has 0 saturated heterocycles. The smallest absolute Gasteiger partial charge is 0.408 e. The van der Waals surface area contributed by atoms with Gasteiger partial charge >= 0.3 is 6.09 Å². The zero-order chi connectivity index (χ0) is 27.9. The molecule has 0 heterocycles. The van der Waals surface area contributed by atoms with E-state index in [0.29, 0.717) is 11.3 Å². The lowest BCUT2D eigenvalue weighted by molar-refractivity contribution is -0.139. The Balaban J connectivity index is 1.94. The number of benzene rings is 3. The van der Waals surface area contributed by atoms with Crippen LogP contribution in [0.1, 0.15) is 51.8 Å². The van der Waals surface area contributed by atoms with Crippen molar-refractivity contribution in [1.82, 2.24) is 10.2 Å². The van der Waals surface area contributed by atoms with Crippen LogP contribution in [0, 0.1) is 0 Å². The van der Waals surface area contributed by atoms with Crippen molar-refractivity contribution in [3.63, 3.8) is 0 Å². The number of hydrogen-bond donors (Lipinski definition) is 2. The molecule has 2 N–H and O–H groups in total. The molecular formula is C31H37N3O4. The van der Waals surface area contributed by atoms with Gasteiger partial charge in [-0.25, -0.2) is 4.79 Å². The Morgan fingerprint density at radius 2 is 1.66 bits per heavy atom. The number of anilines is 1. The molecule has 0 aliphatic carbocycles. The molecule has 0 bridgehead atoms. The summed E-state index contributed by atoms with van der Waals surface area (Å²) in [5, 5.41) is 7.62. The number of ether oxygens (including phenoxy) is 1. The normalized spacial score (nSPS) is 12.8. The lowest BCUT2D eigenvalue weighted by atomic mass is 10.0. The molecular weight excluding hydrogens is 478 g/mol. The van der Waals surface area contributed by atoms with Crippen molar-refractivity contribution in [3.8, 4) is 0 Å². The summed E-state index contributed by atoms with van der Waals surface area (Å²) in [6.45, 7) is 12.8. The lowest BCUT2D eigenvalue weighted by Crippen LogP contribution is -2.51. The van der Waals surface area contributed by atoms with Gasteiger partial charge in [-0.2, -0.15) is 0 Å². The molecule has 38 heavy (non-hydrogen) atoms. The number of amides is 3. The maximum absolute atomic E-state index is 13.8. The van der Waals surface area contributed by atoms with Crippen molar-refractivity contribution in [2.24, 2.45) is 0 Å². The van der Waals surface area contributed by atoms with Gasteiger partial charge in [-0.3, -0.25) is 9.59 Å². The molecule has 3 rings (SSSR count). The second-order valence-electron chi connectivity index (χ2n) is 10.2. The fourth-order valence-corrected chi connectivity index (χ4v) is 4.14. The van der Waals surface area contributed by atoms with Crippen LogP contribution in [0.3, 0.4) is 0 Å². The van der Waals surface area contributed by atoms with E-state index in [0.717, 1.165) is 22.8 Å². The van der Waals surface area contributed by atoms with E-state index in [1.54, 1.807) is 33.8 Å². The number of fused-ring (bicyclic) bond motifs is 1. The molecule has 0 spiro atoms. The van der Waals surface area contributed by atoms with Crippen LogP contribution in [0.4, 0.5) is 10.5 Å². The Morgan fingerprint density at radius 3 is 2.26 bits per heavy atom. The van der Waals surface area contributed by atoms with Gasteiger partial charge in [0, 0.05) is 12.2 Å². The Morgan fingerprint density at radius 1 is 1.00 bits per heavy atom. The van der Waals surface area contributed by atoms with E-state index in [1.165, 1.54) is 4.90 Å². The van der Waals surface area contributed by atoms with E-state index in [1.807, 2.05) is 66.7 Å². The van der Waals surface area contributed by atoms with Crippen LogP contribution in [-0.4, -0.2) is 41.0 Å². The molecule has 0 aliphatic rings. The van der Waals surface area contributed by atoms with Crippen LogP contribution in [0.5, 0.6) is 0 Å². The van der Waals surface area contributed by atoms with Gasteiger partial charge in [0.2, 0.25) is 5.91 Å². The van der Waals surface area contributed by atoms with Gasteiger partial charge in [0.25, 0.3) is 5.91 Å². The number of rotatable bonds is 9. The van der Waals surface area contributed by atoms with Gasteiger partial charge in [0.1, 0.15) is 17.7 Å². The monoisotopic (exact) mass is 515 g/mol. The number of carbonyl (C=O) groups excluding carboxylic acids is 3. The zero-order valence-electron chi connectivity index (χ0n) is 22.8. The van der Waals surface area contributed by atoms with Crippen LogP contribution in [0.25, 0.3) is 10.8 Å². The predicted molar refractivity (Wildman–Crippen MR) is 152 cm³/mol. The molecule has 0 radical (unpaired) electrons. The van der Waals surface area contributed by atoms with Crippen LogP contribution in [0.15, 0.2) is 79.4 Å². The number of nitrogens with zero attached hydrogens (tertiary/aromatic N) is 1. The topological polar surface area (TPSA) is 87.7 Å². The highest BCUT2D eigenvalue weighted by Crippen LogP contribution is 2.26. The van der Waals surface area contributed by atoms with Crippen molar-refractivity contribution in [3.05, 3.63) is 90.5 Å². The highest BCUT2D eigenvalue weighted by Gasteiger charge is 2.34. The van der Waals surface area contributed by atoms with E-state index in [2.05, 4.69) is 24.1 Å². The van der Waals surface area contributed by atoms with Gasteiger partial charge in [0.15, 0.2) is 0 Å². The largest absolute Gasteiger partial charge is 0.444 e. The molecule has 7 heteroatoms. The zero-order valence-corrected chi connectivity index (χ0v) is 22.8. The number of hydrogen-bond acceptors (Lipinski definition) is 4. The number of carbonyl (C=O) groups is 3. The van der Waals surface area contributed by atoms with E-state index >= 15 is 0 Å². The highest BCUT2D eigenvalue weighted by molar-refractivity contribution is 6.00. The summed E-state index contributed by atoms with van der Waals surface area (Å²) in [6, 6.07) is 19.3. The first-order valence-corrected chi connectivity index (χ1v) is 12.8. The lowest BCUT2D eigenvalue weighted by Gasteiger charge is -2.33. The molecule has 0 aliphatic heterocycles. The third-order valence-corrected chi connectivity index (χ3v) is 5.99. The van der Waals surface area contributed by atoms with Gasteiger partial charge in [-0.1, -0.05) is 67.6 Å². The van der Waals surface area contributed by atoms with Gasteiger partial charge < -0.3 is 20.3 Å². The fourth-order valence-electron chi connectivity index (χ4n) is 4.14. The first kappa shape index (κ1) is 28.4. The molecule has 3 aromatic rings. The summed E-state index contributed by atoms with van der Waals surface area (Å²) in [6.07, 6.45) is 1.70. The third-order valence-electron chi connectivity index (χ3n) is 5.99. The van der Waals surface area contributed by atoms with Crippen LogP contribution in [0.2, 0.25) is 0 Å². The summed E-state index contributed by atoms with van der Waals surface area (Å²) in [7, 11) is 0. The minimum Gasteiger partial charge on any atom is -0.444 e. The quantitative estimate of drug-likeness (QED) is 0.342. The standard InChI is InChI=1S/C31H37N3O4/c1-7-19-34(29(36)21(3)32-30(37)38-31(4,5)6)27(24-15-13-22(8-2)14-16-24)28(35)33-26-18-17-23-11-9-10-12-25(23)20-26/h7,9-18,20-21,27H,1,8,19H2,2-6H3,(H,32,37)(H,33,35). The summed E-state index contributed by atoms with van der Waals surface area (Å²) < 4.78 is 5.31. The molecule has 7 nitrogen and oxygen atoms in total. The summed E-state index contributed by atoms with van der Waals surface area (Å²) in [5.41, 5.74) is 1.68. The Hall–Kier alpha value is -4.13. The SMILES string of the molecule is C=CCN(C(=O)C(C)NC(=O)OC(C)(C)C)C(C(=O)Nc1ccc2ccccc2c1)c1ccc(CC)cc1. The van der Waals surface area contributed by atoms with E-state index in [9.17, 15) is 14.4 Å². The average Bonchev–Trinajstić information content (AvgIpc) is 2.87. The summed E-state index contributed by atoms with van der Waals surface area (Å²) >= 11 is 0. The predicted octanol–water partition coefficient (Wildman–Crippen LogP) is 6.01. The van der Waals surface area contributed by atoms with Crippen LogP contribution >= 0.6 is 0 Å². The van der Waals surface area contributed by atoms with E-state index in [4.69, 9.17) is 4.74 Å². The second-order valence-corrected chi connectivity index (χ2v) is 10.2. The van der Waals surface area contributed by atoms with E-state index < -0.39 is 29.7 Å². The molecule has 3 aromatic carbocycles. The first-order valence-electron chi connectivity index (χ1n) is 12.8. The van der Waals surface area contributed by atoms with Crippen molar-refractivity contribution < 1.29 is 19.1 Å². The molecule has 3 amide bonds. The Bertz CT molecular complexity index is 1290. The molecule has 200 valence electrons. The van der Waals surface area contributed by atoms with Crippen molar-refractivity contribution in [2.75, 3.05) is 11.9 Å². The Kier molecular flexibility index (Phi) is 9.29. The Labute approximate surface area is 224 Å². The van der Waals surface area contributed by atoms with Crippen LogP contribution in [-0.2, 0) is 20.7 Å². The third kappa shape index (κ3) is 7.44. The number of nitrogens with one attached hydrogen (secondary N) is 2. The van der Waals surface area contributed by atoms with Crippen molar-refractivity contribution in [1.29, 1.82) is 0 Å². The first-order chi connectivity index (χ1) is 18.0. The van der Waals surface area contributed by atoms with Gasteiger partial charge in [0.05, 0.1) is 0 Å². The number of aryl methyl sites for hydroxylation is 1. The minimum absolute atomic E-state index is 0.102. The van der Waals surface area contributed by atoms with Gasteiger partial charge in [-0.05, 0) is 68.1 Å². The second kappa shape index (κ2) is 12.4. The van der Waals surface area contributed by atoms with E-state index in [-0.39, 0.29) is 12.5 Å². The fraction of sp³-hybridized carbons (Fsp3) is 0.323. The average molecular weight is 516 g/mol. The maximum atomic E-state index is 13.8. The molecule has 0 aromatic heterocycles. The highest BCUT2D eigenvalue weighted by atomic mass is 16.6. The summed E-state index contributed by atoms with van der Waals surface area (Å²) in [5.74, 6) is -0.807.